The fraction of sp³-hybridized carbons (Fsp3) is 0.286. The van der Waals surface area contributed by atoms with Crippen LogP contribution in [0.15, 0.2) is 10.7 Å². The zero-order valence-electron chi connectivity index (χ0n) is 7.25. The second-order valence-electron chi connectivity index (χ2n) is 2.43. The molecular formula is C7H9N3O3. The molecule has 13 heavy (non-hydrogen) atoms. The Labute approximate surface area is 74.2 Å². The van der Waals surface area contributed by atoms with E-state index in [0.717, 1.165) is 0 Å². The third kappa shape index (κ3) is 2.29. The first kappa shape index (κ1) is 9.24. The van der Waals surface area contributed by atoms with Gasteiger partial charge < -0.3 is 4.52 Å². The lowest BCUT2D eigenvalue weighted by molar-refractivity contribution is -0.119. The van der Waals surface area contributed by atoms with Gasteiger partial charge in [-0.2, -0.15) is 0 Å². The van der Waals surface area contributed by atoms with Gasteiger partial charge in [-0.3, -0.25) is 20.4 Å². The van der Waals surface area contributed by atoms with Gasteiger partial charge in [-0.15, -0.1) is 0 Å². The molecule has 0 aliphatic heterocycles. The van der Waals surface area contributed by atoms with Crippen molar-refractivity contribution in [1.82, 2.24) is 16.0 Å². The maximum atomic E-state index is 11.2. The van der Waals surface area contributed by atoms with Crippen LogP contribution in [-0.4, -0.2) is 17.0 Å². The van der Waals surface area contributed by atoms with Gasteiger partial charge in [0.05, 0.1) is 6.20 Å². The molecule has 0 atom stereocenters. The topological polar surface area (TPSA) is 84.2 Å². The Morgan fingerprint density at radius 1 is 1.46 bits per heavy atom. The second kappa shape index (κ2) is 3.70. The van der Waals surface area contributed by atoms with Crippen molar-refractivity contribution >= 4 is 11.8 Å². The van der Waals surface area contributed by atoms with Crippen molar-refractivity contribution < 1.29 is 14.1 Å². The van der Waals surface area contributed by atoms with E-state index in [-0.39, 0.29) is 5.91 Å². The number of hydrogen-bond donors (Lipinski definition) is 2. The number of amides is 2. The number of hydrogen-bond acceptors (Lipinski definition) is 4. The lowest BCUT2D eigenvalue weighted by atomic mass is 10.3. The molecule has 0 spiro atoms. The predicted octanol–water partition coefficient (Wildman–Crippen LogP) is -0.236. The van der Waals surface area contributed by atoms with Gasteiger partial charge in [0.15, 0.2) is 0 Å². The molecule has 0 saturated carbocycles. The third-order valence-corrected chi connectivity index (χ3v) is 1.35. The molecule has 6 nitrogen and oxygen atoms in total. The molecule has 0 bridgehead atoms. The van der Waals surface area contributed by atoms with E-state index in [1.54, 1.807) is 6.92 Å². The highest BCUT2D eigenvalue weighted by Gasteiger charge is 2.11. The van der Waals surface area contributed by atoms with E-state index in [1.807, 2.05) is 0 Å². The van der Waals surface area contributed by atoms with E-state index in [9.17, 15) is 9.59 Å². The lowest BCUT2D eigenvalue weighted by Crippen LogP contribution is -2.40. The van der Waals surface area contributed by atoms with Crippen molar-refractivity contribution in [3.8, 4) is 0 Å². The van der Waals surface area contributed by atoms with Crippen LogP contribution in [-0.2, 0) is 4.79 Å². The summed E-state index contributed by atoms with van der Waals surface area (Å²) in [5.41, 5.74) is 4.64. The molecule has 0 aliphatic rings. The molecule has 1 heterocycles. The van der Waals surface area contributed by atoms with E-state index in [0.29, 0.717) is 11.3 Å². The summed E-state index contributed by atoms with van der Waals surface area (Å²) < 4.78 is 4.67. The molecule has 2 N–H and O–H groups in total. The Morgan fingerprint density at radius 2 is 2.15 bits per heavy atom. The highest BCUT2D eigenvalue weighted by Crippen LogP contribution is 2.04. The number of aryl methyl sites for hydroxylation is 1. The number of hydrazine groups is 1. The molecule has 2 amide bonds. The maximum absolute atomic E-state index is 11.2. The van der Waals surface area contributed by atoms with E-state index in [1.165, 1.54) is 13.1 Å². The Hall–Kier alpha value is -1.85. The molecular weight excluding hydrogens is 174 g/mol. The molecule has 1 aromatic rings. The molecule has 0 aliphatic carbocycles. The summed E-state index contributed by atoms with van der Waals surface area (Å²) in [4.78, 5) is 21.6. The third-order valence-electron chi connectivity index (χ3n) is 1.35. The smallest absolute Gasteiger partial charge is 0.274 e. The van der Waals surface area contributed by atoms with Crippen molar-refractivity contribution in [3.05, 3.63) is 17.5 Å². The molecule has 1 rings (SSSR count). The van der Waals surface area contributed by atoms with Crippen molar-refractivity contribution in [1.29, 1.82) is 0 Å². The Kier molecular flexibility index (Phi) is 2.63. The molecule has 0 fully saturated rings. The highest BCUT2D eigenvalue weighted by atomic mass is 16.5. The molecule has 6 heteroatoms. The first-order valence-corrected chi connectivity index (χ1v) is 3.59. The number of nitrogens with one attached hydrogen (secondary N) is 2. The van der Waals surface area contributed by atoms with Gasteiger partial charge in [-0.25, -0.2) is 0 Å². The van der Waals surface area contributed by atoms with Gasteiger partial charge in [-0.1, -0.05) is 5.16 Å². The standard InChI is InChI=1S/C7H9N3O3/c1-4-6(3-8-13-4)7(12)10-9-5(2)11/h3H,1-2H3,(H,9,11)(H,10,12). The molecule has 70 valence electrons. The first-order chi connectivity index (χ1) is 6.11. The van der Waals surface area contributed by atoms with E-state index < -0.39 is 5.91 Å². The van der Waals surface area contributed by atoms with Crippen molar-refractivity contribution in [2.45, 2.75) is 13.8 Å². The van der Waals surface area contributed by atoms with Crippen LogP contribution in [0.1, 0.15) is 23.0 Å². The summed E-state index contributed by atoms with van der Waals surface area (Å²) in [5, 5.41) is 3.42. The average Bonchev–Trinajstić information content (AvgIpc) is 2.47. The fourth-order valence-corrected chi connectivity index (χ4v) is 0.729. The van der Waals surface area contributed by atoms with Gasteiger partial charge in [-0.05, 0) is 6.92 Å². The summed E-state index contributed by atoms with van der Waals surface area (Å²) in [6, 6.07) is 0. The van der Waals surface area contributed by atoms with Crippen molar-refractivity contribution in [2.75, 3.05) is 0 Å². The normalized spacial score (nSPS) is 9.38. The summed E-state index contributed by atoms with van der Waals surface area (Å²) in [7, 11) is 0. The highest BCUT2D eigenvalue weighted by molar-refractivity contribution is 5.95. The largest absolute Gasteiger partial charge is 0.361 e. The first-order valence-electron chi connectivity index (χ1n) is 3.59. The van der Waals surface area contributed by atoms with Crippen LogP contribution in [0.3, 0.4) is 0 Å². The summed E-state index contributed by atoms with van der Waals surface area (Å²) in [6.07, 6.45) is 1.28. The number of aromatic nitrogens is 1. The molecule has 0 saturated heterocycles. The van der Waals surface area contributed by atoms with Crippen LogP contribution >= 0.6 is 0 Å². The lowest BCUT2D eigenvalue weighted by Gasteiger charge is -2.02. The van der Waals surface area contributed by atoms with Crippen LogP contribution in [0.4, 0.5) is 0 Å². The minimum Gasteiger partial charge on any atom is -0.361 e. The van der Waals surface area contributed by atoms with Gasteiger partial charge in [0.2, 0.25) is 5.91 Å². The average molecular weight is 183 g/mol. The minimum atomic E-state index is -0.450. The zero-order valence-corrected chi connectivity index (χ0v) is 7.25. The van der Waals surface area contributed by atoms with Gasteiger partial charge in [0, 0.05) is 6.92 Å². The van der Waals surface area contributed by atoms with Gasteiger partial charge >= 0.3 is 0 Å². The summed E-state index contributed by atoms with van der Waals surface area (Å²) in [6.45, 7) is 2.90. The van der Waals surface area contributed by atoms with Crippen molar-refractivity contribution in [2.24, 2.45) is 0 Å². The number of rotatable bonds is 1. The molecule has 0 unspecified atom stereocenters. The van der Waals surface area contributed by atoms with Crippen LogP contribution in [0.5, 0.6) is 0 Å². The Balaban J connectivity index is 2.59. The molecule has 1 aromatic heterocycles. The van der Waals surface area contributed by atoms with Gasteiger partial charge in [0.25, 0.3) is 5.91 Å². The fourth-order valence-electron chi connectivity index (χ4n) is 0.729. The molecule has 0 aromatic carbocycles. The summed E-state index contributed by atoms with van der Waals surface area (Å²) in [5.74, 6) is -0.390. The van der Waals surface area contributed by atoms with Crippen LogP contribution in [0, 0.1) is 6.92 Å². The molecule has 0 radical (unpaired) electrons. The zero-order chi connectivity index (χ0) is 9.84. The number of nitrogens with zero attached hydrogens (tertiary/aromatic N) is 1. The number of carbonyl (C=O) groups is 2. The van der Waals surface area contributed by atoms with E-state index in [2.05, 4.69) is 20.5 Å². The van der Waals surface area contributed by atoms with Crippen LogP contribution in [0.2, 0.25) is 0 Å². The van der Waals surface area contributed by atoms with Crippen molar-refractivity contribution in [3.63, 3.8) is 0 Å². The Bertz CT molecular complexity index is 331. The van der Waals surface area contributed by atoms with Crippen LogP contribution in [0.25, 0.3) is 0 Å². The van der Waals surface area contributed by atoms with E-state index >= 15 is 0 Å². The Morgan fingerprint density at radius 3 is 2.62 bits per heavy atom. The second-order valence-corrected chi connectivity index (χ2v) is 2.43. The SMILES string of the molecule is CC(=O)NNC(=O)c1cnoc1C. The quantitative estimate of drug-likeness (QED) is 0.588. The number of carbonyl (C=O) groups excluding carboxylic acids is 2. The summed E-state index contributed by atoms with van der Waals surface area (Å²) >= 11 is 0. The predicted molar refractivity (Wildman–Crippen MR) is 42.5 cm³/mol. The van der Waals surface area contributed by atoms with E-state index in [4.69, 9.17) is 0 Å². The monoisotopic (exact) mass is 183 g/mol. The minimum absolute atomic E-state index is 0.300. The van der Waals surface area contributed by atoms with Gasteiger partial charge in [0.1, 0.15) is 11.3 Å². The van der Waals surface area contributed by atoms with Crippen LogP contribution < -0.4 is 10.9 Å². The maximum Gasteiger partial charge on any atom is 0.274 e.